The number of hydrogen-bond donors (Lipinski definition) is 1. The molecule has 0 aliphatic carbocycles. The van der Waals surface area contributed by atoms with Crippen LogP contribution < -0.4 is 10.6 Å². The minimum absolute atomic E-state index is 0.0578. The van der Waals surface area contributed by atoms with Crippen molar-refractivity contribution in [2.45, 2.75) is 12.3 Å². The summed E-state index contributed by atoms with van der Waals surface area (Å²) in [6.07, 6.45) is 5.40. The Hall–Kier alpha value is -2.27. The summed E-state index contributed by atoms with van der Waals surface area (Å²) in [6.45, 7) is 1.29. The van der Waals surface area contributed by atoms with E-state index in [1.165, 1.54) is 11.9 Å². The molecule has 102 valence electrons. The summed E-state index contributed by atoms with van der Waals surface area (Å²) >= 11 is 0. The van der Waals surface area contributed by atoms with E-state index in [0.717, 1.165) is 12.1 Å². The zero-order valence-electron chi connectivity index (χ0n) is 11.1. The second-order valence-electron chi connectivity index (χ2n) is 4.88. The SMILES string of the molecule is NCCC1CN(C(=O)c2cncnc2)c2ccccc21. The maximum atomic E-state index is 12.6. The van der Waals surface area contributed by atoms with Crippen LogP contribution in [0.4, 0.5) is 5.69 Å². The third-order valence-electron chi connectivity index (χ3n) is 3.64. The molecule has 0 fully saturated rings. The van der Waals surface area contributed by atoms with Crippen LogP contribution >= 0.6 is 0 Å². The number of rotatable bonds is 3. The van der Waals surface area contributed by atoms with Gasteiger partial charge in [0.15, 0.2) is 0 Å². The highest BCUT2D eigenvalue weighted by atomic mass is 16.2. The summed E-state index contributed by atoms with van der Waals surface area (Å²) < 4.78 is 0. The molecule has 1 aliphatic rings. The lowest BCUT2D eigenvalue weighted by atomic mass is 9.98. The van der Waals surface area contributed by atoms with Crippen molar-refractivity contribution >= 4 is 11.6 Å². The lowest BCUT2D eigenvalue weighted by Crippen LogP contribution is -2.30. The normalized spacial score (nSPS) is 17.1. The highest BCUT2D eigenvalue weighted by Crippen LogP contribution is 2.38. The van der Waals surface area contributed by atoms with Gasteiger partial charge in [0.2, 0.25) is 0 Å². The molecule has 3 rings (SSSR count). The Balaban J connectivity index is 1.94. The number of hydrogen-bond acceptors (Lipinski definition) is 4. The first kappa shape index (κ1) is 12.7. The summed E-state index contributed by atoms with van der Waals surface area (Å²) in [5, 5.41) is 0. The number of aromatic nitrogens is 2. The number of carbonyl (C=O) groups excluding carboxylic acids is 1. The first-order valence-corrected chi connectivity index (χ1v) is 6.67. The average Bonchev–Trinajstić information content (AvgIpc) is 2.87. The number of amides is 1. The van der Waals surface area contributed by atoms with Crippen LogP contribution in [0.2, 0.25) is 0 Å². The number of carbonyl (C=O) groups is 1. The van der Waals surface area contributed by atoms with Crippen molar-refractivity contribution in [1.82, 2.24) is 9.97 Å². The summed E-state index contributed by atoms with van der Waals surface area (Å²) in [6, 6.07) is 8.01. The second kappa shape index (κ2) is 5.38. The number of anilines is 1. The van der Waals surface area contributed by atoms with Crippen molar-refractivity contribution in [2.24, 2.45) is 5.73 Å². The van der Waals surface area contributed by atoms with Crippen LogP contribution in [-0.2, 0) is 0 Å². The van der Waals surface area contributed by atoms with Gasteiger partial charge >= 0.3 is 0 Å². The van der Waals surface area contributed by atoms with E-state index < -0.39 is 0 Å². The zero-order valence-corrected chi connectivity index (χ0v) is 11.1. The van der Waals surface area contributed by atoms with Crippen LogP contribution in [0.25, 0.3) is 0 Å². The van der Waals surface area contributed by atoms with E-state index in [2.05, 4.69) is 16.0 Å². The molecule has 0 saturated heterocycles. The first-order chi connectivity index (χ1) is 9.81. The molecule has 0 spiro atoms. The summed E-state index contributed by atoms with van der Waals surface area (Å²) in [7, 11) is 0. The Bertz CT molecular complexity index is 614. The number of nitrogens with zero attached hydrogens (tertiary/aromatic N) is 3. The highest BCUT2D eigenvalue weighted by molar-refractivity contribution is 6.07. The smallest absolute Gasteiger partial charge is 0.261 e. The molecule has 1 aromatic heterocycles. The number of para-hydroxylation sites is 1. The van der Waals surface area contributed by atoms with E-state index in [9.17, 15) is 4.79 Å². The van der Waals surface area contributed by atoms with Gasteiger partial charge in [0.05, 0.1) is 5.56 Å². The van der Waals surface area contributed by atoms with Crippen LogP contribution in [0, 0.1) is 0 Å². The van der Waals surface area contributed by atoms with Crippen LogP contribution in [0.1, 0.15) is 28.3 Å². The largest absolute Gasteiger partial charge is 0.330 e. The topological polar surface area (TPSA) is 72.1 Å². The van der Waals surface area contributed by atoms with Crippen molar-refractivity contribution in [3.8, 4) is 0 Å². The van der Waals surface area contributed by atoms with Gasteiger partial charge in [0.25, 0.3) is 5.91 Å². The summed E-state index contributed by atoms with van der Waals surface area (Å²) in [5.74, 6) is 0.252. The fraction of sp³-hybridized carbons (Fsp3) is 0.267. The van der Waals surface area contributed by atoms with Gasteiger partial charge in [-0.1, -0.05) is 18.2 Å². The van der Waals surface area contributed by atoms with Gasteiger partial charge in [-0.05, 0) is 24.6 Å². The van der Waals surface area contributed by atoms with E-state index >= 15 is 0 Å². The Morgan fingerprint density at radius 2 is 2.05 bits per heavy atom. The highest BCUT2D eigenvalue weighted by Gasteiger charge is 2.32. The molecule has 1 aliphatic heterocycles. The van der Waals surface area contributed by atoms with E-state index in [0.29, 0.717) is 24.6 Å². The standard InChI is InChI=1S/C15H16N4O/c16-6-5-11-9-19(14-4-2-1-3-13(11)14)15(20)12-7-17-10-18-8-12/h1-4,7-8,10-11H,5-6,9,16H2. The quantitative estimate of drug-likeness (QED) is 0.917. The van der Waals surface area contributed by atoms with E-state index in [-0.39, 0.29) is 5.91 Å². The lowest BCUT2D eigenvalue weighted by molar-refractivity contribution is 0.0987. The van der Waals surface area contributed by atoms with Gasteiger partial charge in [-0.25, -0.2) is 9.97 Å². The van der Waals surface area contributed by atoms with Gasteiger partial charge in [0, 0.05) is 30.5 Å². The molecule has 1 atom stereocenters. The molecule has 2 heterocycles. The Kier molecular flexibility index (Phi) is 3.43. The monoisotopic (exact) mass is 268 g/mol. The average molecular weight is 268 g/mol. The van der Waals surface area contributed by atoms with Crippen molar-refractivity contribution in [1.29, 1.82) is 0 Å². The summed E-state index contributed by atoms with van der Waals surface area (Å²) in [4.78, 5) is 22.2. The Morgan fingerprint density at radius 3 is 2.80 bits per heavy atom. The number of nitrogens with two attached hydrogens (primary N) is 1. The molecule has 1 unspecified atom stereocenters. The van der Waals surface area contributed by atoms with Gasteiger partial charge in [-0.15, -0.1) is 0 Å². The third kappa shape index (κ3) is 2.16. The molecule has 20 heavy (non-hydrogen) atoms. The van der Waals surface area contributed by atoms with Crippen molar-refractivity contribution in [2.75, 3.05) is 18.0 Å². The number of fused-ring (bicyclic) bond motifs is 1. The molecule has 5 heteroatoms. The maximum absolute atomic E-state index is 12.6. The molecule has 0 saturated carbocycles. The zero-order chi connectivity index (χ0) is 13.9. The van der Waals surface area contributed by atoms with Crippen molar-refractivity contribution < 1.29 is 4.79 Å². The minimum Gasteiger partial charge on any atom is -0.330 e. The molecular formula is C15H16N4O. The molecule has 5 nitrogen and oxygen atoms in total. The molecule has 2 N–H and O–H groups in total. The fourth-order valence-corrected chi connectivity index (χ4v) is 2.70. The van der Waals surface area contributed by atoms with E-state index in [4.69, 9.17) is 5.73 Å². The van der Waals surface area contributed by atoms with Crippen molar-refractivity contribution in [3.63, 3.8) is 0 Å². The fourth-order valence-electron chi connectivity index (χ4n) is 2.70. The predicted molar refractivity (Wildman–Crippen MR) is 76.6 cm³/mol. The van der Waals surface area contributed by atoms with E-state index in [1.807, 2.05) is 18.2 Å². The minimum atomic E-state index is -0.0578. The molecule has 1 aromatic carbocycles. The molecule has 1 amide bonds. The molecule has 2 aromatic rings. The van der Waals surface area contributed by atoms with E-state index in [1.54, 1.807) is 17.3 Å². The van der Waals surface area contributed by atoms with Gasteiger partial charge in [-0.2, -0.15) is 0 Å². The first-order valence-electron chi connectivity index (χ1n) is 6.67. The molecule has 0 radical (unpaired) electrons. The lowest BCUT2D eigenvalue weighted by Gasteiger charge is -2.17. The van der Waals surface area contributed by atoms with Crippen LogP contribution in [0.3, 0.4) is 0 Å². The summed E-state index contributed by atoms with van der Waals surface area (Å²) in [5.41, 5.74) is 8.35. The Labute approximate surface area is 117 Å². The third-order valence-corrected chi connectivity index (χ3v) is 3.64. The molecule has 0 bridgehead atoms. The van der Waals surface area contributed by atoms with Crippen molar-refractivity contribution in [3.05, 3.63) is 54.1 Å². The number of benzene rings is 1. The van der Waals surface area contributed by atoms with Crippen LogP contribution in [0.5, 0.6) is 0 Å². The Morgan fingerprint density at radius 1 is 1.30 bits per heavy atom. The predicted octanol–water partition coefficient (Wildman–Crippen LogP) is 1.57. The second-order valence-corrected chi connectivity index (χ2v) is 4.88. The van der Waals surface area contributed by atoms with Gasteiger partial charge in [0.1, 0.15) is 6.33 Å². The molecular weight excluding hydrogens is 252 g/mol. The van der Waals surface area contributed by atoms with Crippen LogP contribution in [0.15, 0.2) is 43.0 Å². The van der Waals surface area contributed by atoms with Gasteiger partial charge in [-0.3, -0.25) is 4.79 Å². The van der Waals surface area contributed by atoms with Gasteiger partial charge < -0.3 is 10.6 Å². The maximum Gasteiger partial charge on any atom is 0.261 e. The van der Waals surface area contributed by atoms with Crippen LogP contribution in [-0.4, -0.2) is 29.0 Å².